The summed E-state index contributed by atoms with van der Waals surface area (Å²) < 4.78 is 9.98. The van der Waals surface area contributed by atoms with Crippen LogP contribution in [0.1, 0.15) is 62.8 Å². The van der Waals surface area contributed by atoms with Crippen molar-refractivity contribution in [3.05, 3.63) is 23.5 Å². The Bertz CT molecular complexity index is 816. The number of alkyl carbamates (subject to hydrolysis) is 1. The summed E-state index contributed by atoms with van der Waals surface area (Å²) in [4.78, 5) is 18.0. The second-order valence-electron chi connectivity index (χ2n) is 10.4. The first-order chi connectivity index (χ1) is 19.6. The van der Waals surface area contributed by atoms with E-state index in [9.17, 15) is 4.79 Å². The molecule has 0 spiro atoms. The molecule has 0 saturated heterocycles. The van der Waals surface area contributed by atoms with Gasteiger partial charge >= 0.3 is 39.4 Å². The fraction of sp³-hybridized carbons (Fsp3) is 0.778. The van der Waals surface area contributed by atoms with Crippen molar-refractivity contribution in [1.82, 2.24) is 31.6 Å². The minimum atomic E-state index is -0.397. The molecule has 229 valence electrons. The summed E-state index contributed by atoms with van der Waals surface area (Å²) in [6, 6.07) is 6.41. The Morgan fingerprint density at radius 1 is 0.925 bits per heavy atom. The van der Waals surface area contributed by atoms with Crippen LogP contribution in [0, 0.1) is 0 Å². The zero-order chi connectivity index (χ0) is 28.4. The molecule has 2 heterocycles. The number of rotatable bonds is 7. The summed E-state index contributed by atoms with van der Waals surface area (Å²) in [6.45, 7) is 4.81. The number of ether oxygens (including phenoxy) is 2. The van der Waals surface area contributed by atoms with Crippen LogP contribution in [0.4, 0.5) is 4.79 Å². The molecule has 5 N–H and O–H groups in total. The number of fused-ring (bicyclic) bond motifs is 4. The third kappa shape index (κ3) is 12.9. The van der Waals surface area contributed by atoms with E-state index >= 15 is 0 Å². The Morgan fingerprint density at radius 2 is 1.43 bits per heavy atom. The van der Waals surface area contributed by atoms with E-state index in [1.165, 1.54) is 56.3 Å². The van der Waals surface area contributed by atoms with Gasteiger partial charge in [-0.15, -0.1) is 11.8 Å². The molecule has 1 amide bonds. The predicted molar refractivity (Wildman–Crippen MR) is 160 cm³/mol. The minimum absolute atomic E-state index is 0.00694. The molecule has 1 aromatic rings. The summed E-state index contributed by atoms with van der Waals surface area (Å²) in [7, 11) is 11.2. The van der Waals surface area contributed by atoms with Gasteiger partial charge in [0.25, 0.3) is 0 Å². The van der Waals surface area contributed by atoms with Crippen LogP contribution in [-0.4, -0.2) is 81.0 Å². The van der Waals surface area contributed by atoms with Crippen LogP contribution in [-0.2, 0) is 35.7 Å². The summed E-state index contributed by atoms with van der Waals surface area (Å²) >= 11 is 1.75. The molecule has 2 saturated carbocycles. The second kappa shape index (κ2) is 20.6. The molecule has 0 aromatic carbocycles. The molecular formula is C27H46Cl2MnN6O3S. The van der Waals surface area contributed by atoms with Crippen LogP contribution in [0.2, 0.25) is 0 Å². The average Bonchev–Trinajstić information content (AvgIpc) is 2.97. The number of nitrogens with zero attached hydrogens (tertiary/aromatic N) is 1. The Kier molecular flexibility index (Phi) is 17.6. The Labute approximate surface area is 258 Å². The zero-order valence-electron chi connectivity index (χ0n) is 23.5. The molecule has 4 atom stereocenters. The normalized spacial score (nSPS) is 25.6. The Hall–Kier alpha value is -0.331. The van der Waals surface area contributed by atoms with Crippen molar-refractivity contribution in [3.8, 4) is 0 Å². The molecule has 9 nitrogen and oxygen atoms in total. The molecule has 0 radical (unpaired) electrons. The number of methoxy groups -OCH3 is 1. The molecule has 13 heteroatoms. The summed E-state index contributed by atoms with van der Waals surface area (Å²) in [6.07, 6.45) is 9.69. The number of carbonyl (C=O) groups excluding carboxylic acids is 1. The predicted octanol–water partition coefficient (Wildman–Crippen LogP) is 3.92. The average molecular weight is 661 g/mol. The van der Waals surface area contributed by atoms with E-state index in [0.29, 0.717) is 37.3 Å². The molecule has 0 unspecified atom stereocenters. The van der Waals surface area contributed by atoms with Gasteiger partial charge in [-0.2, -0.15) is 0 Å². The van der Waals surface area contributed by atoms with Gasteiger partial charge in [0.1, 0.15) is 6.61 Å². The maximum atomic E-state index is 11.8. The van der Waals surface area contributed by atoms with Crippen LogP contribution >= 0.6 is 32.0 Å². The van der Waals surface area contributed by atoms with Gasteiger partial charge < -0.3 is 36.1 Å². The van der Waals surface area contributed by atoms with Crippen molar-refractivity contribution >= 4 is 38.1 Å². The topological polar surface area (TPSA) is 109 Å². The molecule has 3 aliphatic rings. The fourth-order valence-corrected chi connectivity index (χ4v) is 6.58. The van der Waals surface area contributed by atoms with E-state index in [1.807, 2.05) is 0 Å². The number of hydrogen-bond acceptors (Lipinski definition) is 9. The van der Waals surface area contributed by atoms with Crippen LogP contribution in [0.5, 0.6) is 0 Å². The molecule has 1 aromatic heterocycles. The van der Waals surface area contributed by atoms with Crippen molar-refractivity contribution in [1.29, 1.82) is 0 Å². The summed E-state index contributed by atoms with van der Waals surface area (Å²) in [5, 5.41) is 18.1. The van der Waals surface area contributed by atoms with Gasteiger partial charge in [-0.1, -0.05) is 25.7 Å². The van der Waals surface area contributed by atoms with Crippen molar-refractivity contribution in [2.45, 2.75) is 93.5 Å². The van der Waals surface area contributed by atoms with E-state index in [1.54, 1.807) is 18.9 Å². The molecule has 4 rings (SSSR count). The van der Waals surface area contributed by atoms with Gasteiger partial charge in [0.2, 0.25) is 0 Å². The van der Waals surface area contributed by atoms with Gasteiger partial charge in [0.05, 0.1) is 18.0 Å². The first-order valence-corrected chi connectivity index (χ1v) is 18.7. The quantitative estimate of drug-likeness (QED) is 0.169. The fourth-order valence-electron chi connectivity index (χ4n) is 5.70. The van der Waals surface area contributed by atoms with E-state index in [2.05, 4.69) is 38.7 Å². The van der Waals surface area contributed by atoms with E-state index in [4.69, 9.17) is 34.7 Å². The van der Waals surface area contributed by atoms with E-state index in [0.717, 1.165) is 43.3 Å². The summed E-state index contributed by atoms with van der Waals surface area (Å²) in [5.74, 6) is 0.770. The van der Waals surface area contributed by atoms with E-state index in [-0.39, 0.29) is 19.7 Å². The van der Waals surface area contributed by atoms with Crippen LogP contribution in [0.25, 0.3) is 0 Å². The number of hydrogen-bond donors (Lipinski definition) is 5. The van der Waals surface area contributed by atoms with Gasteiger partial charge in [0.15, 0.2) is 0 Å². The molecular weight excluding hydrogens is 614 g/mol. The van der Waals surface area contributed by atoms with Crippen LogP contribution < -0.4 is 26.6 Å². The number of pyridine rings is 1. The monoisotopic (exact) mass is 659 g/mol. The second-order valence-corrected chi connectivity index (χ2v) is 13.5. The van der Waals surface area contributed by atoms with Crippen LogP contribution in [0.3, 0.4) is 0 Å². The van der Waals surface area contributed by atoms with Crippen molar-refractivity contribution < 1.29 is 27.4 Å². The molecule has 40 heavy (non-hydrogen) atoms. The third-order valence-corrected chi connectivity index (χ3v) is 8.60. The van der Waals surface area contributed by atoms with Crippen molar-refractivity contribution in [2.24, 2.45) is 0 Å². The van der Waals surface area contributed by atoms with Gasteiger partial charge in [-0.25, -0.2) is 4.79 Å². The number of aromatic nitrogens is 1. The van der Waals surface area contributed by atoms with Gasteiger partial charge in [-0.05, 0) is 37.8 Å². The first-order valence-electron chi connectivity index (χ1n) is 14.5. The van der Waals surface area contributed by atoms with Crippen molar-refractivity contribution in [3.63, 3.8) is 0 Å². The first kappa shape index (κ1) is 34.2. The molecule has 2 fully saturated rings. The number of nitrogens with one attached hydrogen (secondary N) is 5. The Balaban J connectivity index is 0.00000141. The van der Waals surface area contributed by atoms with E-state index < -0.39 is 6.09 Å². The number of thioether (sulfide) groups is 1. The summed E-state index contributed by atoms with van der Waals surface area (Å²) in [5.41, 5.74) is 2.18. The molecule has 1 aliphatic heterocycles. The number of carbonyl (C=O) groups is 1. The van der Waals surface area contributed by atoms with Crippen molar-refractivity contribution in [2.75, 3.05) is 45.7 Å². The standard InChI is InChI=1S/C27H46N6O3S.2ClH.Mn/c1-35-13-14-36-27(34)30-12-15-37-22-16-20-18-31-25-8-4-2-6-23(25)28-10-11-29-24-7-3-5-9-26(24)32-19-21(17-22)33-20;;;/h16-17,23-26,28-29,31-32H,2-15,18-19H2,1H3,(H,30,34);2*1H;/q;;;+2/p-2/t23-,24-,25-,26-;;;/m1.../s1. The SMILES string of the molecule is COCCOC(=O)NCCSc1cc2nc(c1)CN[C@@H]1CCCC[C@H]1NCCN[C@@H]1CCCC[C@H]1NC2.[Cl][Mn][Cl]. The van der Waals surface area contributed by atoms with Gasteiger partial charge in [-0.3, -0.25) is 4.98 Å². The molecule has 2 aliphatic carbocycles. The van der Waals surface area contributed by atoms with Crippen LogP contribution in [0.15, 0.2) is 17.0 Å². The maximum absolute atomic E-state index is 11.8. The zero-order valence-corrected chi connectivity index (χ0v) is 27.0. The Morgan fingerprint density at radius 3 is 1.93 bits per heavy atom. The number of amides is 1. The molecule has 2 bridgehead atoms. The van der Waals surface area contributed by atoms with Gasteiger partial charge in [0, 0.05) is 74.6 Å². The third-order valence-electron chi connectivity index (χ3n) is 7.63. The number of halogens is 2.